The number of aromatic nitrogens is 4. The summed E-state index contributed by atoms with van der Waals surface area (Å²) >= 11 is 0. The van der Waals surface area contributed by atoms with Crippen LogP contribution in [-0.4, -0.2) is 30.8 Å². The zero-order valence-electron chi connectivity index (χ0n) is 11.0. The van der Waals surface area contributed by atoms with Crippen molar-refractivity contribution < 1.29 is 10.2 Å². The van der Waals surface area contributed by atoms with Crippen LogP contribution in [0.25, 0.3) is 11.4 Å². The van der Waals surface area contributed by atoms with Gasteiger partial charge in [-0.05, 0) is 23.4 Å². The van der Waals surface area contributed by atoms with Crippen molar-refractivity contribution in [2.45, 2.75) is 6.54 Å². The van der Waals surface area contributed by atoms with Crippen LogP contribution in [0.1, 0.15) is 5.56 Å². The van der Waals surface area contributed by atoms with E-state index in [0.29, 0.717) is 17.9 Å². The Morgan fingerprint density at radius 3 is 2.76 bits per heavy atom. The number of aromatic amines is 1. The average molecular weight is 283 g/mol. The fourth-order valence-electron chi connectivity index (χ4n) is 1.97. The molecule has 1 heterocycles. The summed E-state index contributed by atoms with van der Waals surface area (Å²) in [6.45, 7) is 0.385. The summed E-state index contributed by atoms with van der Waals surface area (Å²) in [7, 11) is 0. The summed E-state index contributed by atoms with van der Waals surface area (Å²) in [4.78, 5) is 0. The van der Waals surface area contributed by atoms with Crippen molar-refractivity contribution in [1.82, 2.24) is 20.6 Å². The molecule has 0 amide bonds. The Kier molecular flexibility index (Phi) is 3.38. The maximum absolute atomic E-state index is 9.76. The van der Waals surface area contributed by atoms with Gasteiger partial charge in [-0.1, -0.05) is 24.3 Å². The molecule has 0 aliphatic rings. The fourth-order valence-corrected chi connectivity index (χ4v) is 1.97. The lowest BCUT2D eigenvalue weighted by Gasteiger charge is -2.09. The van der Waals surface area contributed by atoms with E-state index in [1.54, 1.807) is 12.1 Å². The standard InChI is InChI=1S/C14H13N5O2/c20-12-6-2-4-10(13(12)21)8-15-11-5-1-3-9(7-11)14-16-18-19-17-14/h1-7,15,20-21H,8H2,(H,16,17,18,19). The van der Waals surface area contributed by atoms with Gasteiger partial charge < -0.3 is 15.5 Å². The Morgan fingerprint density at radius 1 is 1.10 bits per heavy atom. The molecule has 7 nitrogen and oxygen atoms in total. The Morgan fingerprint density at radius 2 is 1.95 bits per heavy atom. The molecule has 0 atom stereocenters. The number of nitrogens with one attached hydrogen (secondary N) is 2. The Bertz CT molecular complexity index is 743. The first kappa shape index (κ1) is 12.9. The first-order valence-corrected chi connectivity index (χ1v) is 6.31. The lowest BCUT2D eigenvalue weighted by atomic mass is 10.1. The highest BCUT2D eigenvalue weighted by Crippen LogP contribution is 2.29. The second-order valence-corrected chi connectivity index (χ2v) is 4.45. The molecule has 0 saturated heterocycles. The number of benzene rings is 2. The van der Waals surface area contributed by atoms with Gasteiger partial charge in [0.25, 0.3) is 0 Å². The highest BCUT2D eigenvalue weighted by molar-refractivity contribution is 5.62. The minimum atomic E-state index is -0.130. The van der Waals surface area contributed by atoms with Crippen LogP contribution in [0, 0.1) is 0 Å². The second-order valence-electron chi connectivity index (χ2n) is 4.45. The average Bonchev–Trinajstić information content (AvgIpc) is 3.03. The van der Waals surface area contributed by atoms with Gasteiger partial charge in [0.1, 0.15) is 0 Å². The zero-order chi connectivity index (χ0) is 14.7. The van der Waals surface area contributed by atoms with E-state index >= 15 is 0 Å². The van der Waals surface area contributed by atoms with Crippen LogP contribution in [0.5, 0.6) is 11.5 Å². The van der Waals surface area contributed by atoms with Crippen LogP contribution >= 0.6 is 0 Å². The third kappa shape index (κ3) is 2.76. The molecule has 1 aromatic heterocycles. The summed E-state index contributed by atoms with van der Waals surface area (Å²) in [6.07, 6.45) is 0. The third-order valence-corrected chi connectivity index (χ3v) is 3.05. The van der Waals surface area contributed by atoms with Crippen molar-refractivity contribution in [2.75, 3.05) is 5.32 Å². The number of hydrogen-bond donors (Lipinski definition) is 4. The number of H-pyrrole nitrogens is 1. The number of aromatic hydroxyl groups is 2. The zero-order valence-corrected chi connectivity index (χ0v) is 11.0. The number of nitrogens with zero attached hydrogens (tertiary/aromatic N) is 3. The predicted molar refractivity (Wildman–Crippen MR) is 76.7 cm³/mol. The molecule has 4 N–H and O–H groups in total. The number of tetrazole rings is 1. The molecule has 7 heteroatoms. The van der Waals surface area contributed by atoms with Gasteiger partial charge in [-0.3, -0.25) is 0 Å². The van der Waals surface area contributed by atoms with Gasteiger partial charge in [-0.25, -0.2) is 0 Å². The van der Waals surface area contributed by atoms with Crippen molar-refractivity contribution >= 4 is 5.69 Å². The smallest absolute Gasteiger partial charge is 0.204 e. The number of anilines is 1. The molecular weight excluding hydrogens is 270 g/mol. The maximum atomic E-state index is 9.76. The van der Waals surface area contributed by atoms with E-state index in [2.05, 4.69) is 25.9 Å². The van der Waals surface area contributed by atoms with Gasteiger partial charge in [-0.2, -0.15) is 5.21 Å². The van der Waals surface area contributed by atoms with Crippen LogP contribution in [0.15, 0.2) is 42.5 Å². The topological polar surface area (TPSA) is 107 Å². The first-order chi connectivity index (χ1) is 10.2. The summed E-state index contributed by atoms with van der Waals surface area (Å²) in [5.74, 6) is 0.271. The van der Waals surface area contributed by atoms with Gasteiger partial charge in [0.15, 0.2) is 11.5 Å². The monoisotopic (exact) mass is 283 g/mol. The van der Waals surface area contributed by atoms with Crippen LogP contribution in [0.3, 0.4) is 0 Å². The lowest BCUT2D eigenvalue weighted by molar-refractivity contribution is 0.400. The van der Waals surface area contributed by atoms with E-state index in [-0.39, 0.29) is 11.5 Å². The van der Waals surface area contributed by atoms with E-state index in [9.17, 15) is 10.2 Å². The summed E-state index contributed by atoms with van der Waals surface area (Å²) in [6, 6.07) is 12.4. The van der Waals surface area contributed by atoms with Crippen molar-refractivity contribution in [3.05, 3.63) is 48.0 Å². The fraction of sp³-hybridized carbons (Fsp3) is 0.0714. The van der Waals surface area contributed by atoms with E-state index < -0.39 is 0 Å². The van der Waals surface area contributed by atoms with Gasteiger partial charge in [0.05, 0.1) is 0 Å². The Labute approximate surface area is 120 Å². The maximum Gasteiger partial charge on any atom is 0.204 e. The molecule has 106 valence electrons. The van der Waals surface area contributed by atoms with Crippen molar-refractivity contribution in [3.63, 3.8) is 0 Å². The largest absolute Gasteiger partial charge is 0.504 e. The summed E-state index contributed by atoms with van der Waals surface area (Å²) < 4.78 is 0. The molecule has 3 rings (SSSR count). The minimum Gasteiger partial charge on any atom is -0.504 e. The predicted octanol–water partition coefficient (Wildman–Crippen LogP) is 1.89. The molecule has 0 radical (unpaired) electrons. The molecule has 21 heavy (non-hydrogen) atoms. The molecular formula is C14H13N5O2. The first-order valence-electron chi connectivity index (χ1n) is 6.31. The molecule has 0 aliphatic carbocycles. The summed E-state index contributed by atoms with van der Waals surface area (Å²) in [5, 5.41) is 36.2. The Hall–Kier alpha value is -3.09. The van der Waals surface area contributed by atoms with Gasteiger partial charge in [-0.15, -0.1) is 10.2 Å². The molecule has 0 saturated carbocycles. The van der Waals surface area contributed by atoms with Crippen molar-refractivity contribution in [3.8, 4) is 22.9 Å². The van der Waals surface area contributed by atoms with E-state index in [1.165, 1.54) is 6.07 Å². The van der Waals surface area contributed by atoms with E-state index in [0.717, 1.165) is 11.3 Å². The molecule has 0 fully saturated rings. The molecule has 0 spiro atoms. The van der Waals surface area contributed by atoms with Gasteiger partial charge in [0.2, 0.25) is 5.82 Å². The molecule has 2 aromatic carbocycles. The van der Waals surface area contributed by atoms with Crippen LogP contribution in [0.2, 0.25) is 0 Å². The third-order valence-electron chi connectivity index (χ3n) is 3.05. The molecule has 0 unspecified atom stereocenters. The highest BCUT2D eigenvalue weighted by atomic mass is 16.3. The summed E-state index contributed by atoms with van der Waals surface area (Å²) in [5.41, 5.74) is 2.29. The van der Waals surface area contributed by atoms with Crippen molar-refractivity contribution in [1.29, 1.82) is 0 Å². The SMILES string of the molecule is Oc1cccc(CNc2cccc(-c3nn[nH]n3)c2)c1O. The molecule has 3 aromatic rings. The normalized spacial score (nSPS) is 10.5. The van der Waals surface area contributed by atoms with Crippen LogP contribution < -0.4 is 5.32 Å². The molecule has 0 aliphatic heterocycles. The number of para-hydroxylation sites is 1. The minimum absolute atomic E-state index is 0.112. The van der Waals surface area contributed by atoms with E-state index in [1.807, 2.05) is 24.3 Å². The van der Waals surface area contributed by atoms with Gasteiger partial charge in [0, 0.05) is 23.4 Å². The number of hydrogen-bond acceptors (Lipinski definition) is 6. The Balaban J connectivity index is 1.77. The van der Waals surface area contributed by atoms with Crippen LogP contribution in [-0.2, 0) is 6.54 Å². The van der Waals surface area contributed by atoms with E-state index in [4.69, 9.17) is 0 Å². The van der Waals surface area contributed by atoms with Crippen molar-refractivity contribution in [2.24, 2.45) is 0 Å². The van der Waals surface area contributed by atoms with Crippen LogP contribution in [0.4, 0.5) is 5.69 Å². The second kappa shape index (κ2) is 5.49. The lowest BCUT2D eigenvalue weighted by Crippen LogP contribution is -2.00. The number of rotatable bonds is 4. The quantitative estimate of drug-likeness (QED) is 0.545. The number of phenols is 2. The molecule has 0 bridgehead atoms. The highest BCUT2D eigenvalue weighted by Gasteiger charge is 2.06. The number of phenolic OH excluding ortho intramolecular Hbond substituents is 2. The van der Waals surface area contributed by atoms with Gasteiger partial charge >= 0.3 is 0 Å².